The summed E-state index contributed by atoms with van der Waals surface area (Å²) in [6.07, 6.45) is 2.15. The maximum Gasteiger partial charge on any atom is 0.306 e. The molecule has 0 saturated heterocycles. The highest BCUT2D eigenvalue weighted by Crippen LogP contribution is 2.17. The van der Waals surface area contributed by atoms with Gasteiger partial charge in [0.2, 0.25) is 11.7 Å². The first kappa shape index (κ1) is 17.0. The summed E-state index contributed by atoms with van der Waals surface area (Å²) < 4.78 is 10.1. The van der Waals surface area contributed by atoms with Gasteiger partial charge in [0, 0.05) is 18.2 Å². The van der Waals surface area contributed by atoms with Gasteiger partial charge in [-0.1, -0.05) is 0 Å². The van der Waals surface area contributed by atoms with Crippen LogP contribution in [-0.2, 0) is 27.3 Å². The minimum absolute atomic E-state index is 0.128. The Morgan fingerprint density at radius 1 is 1.26 bits per heavy atom. The van der Waals surface area contributed by atoms with E-state index in [2.05, 4.69) is 5.32 Å². The van der Waals surface area contributed by atoms with E-state index in [0.717, 1.165) is 4.88 Å². The second-order valence-electron chi connectivity index (χ2n) is 4.84. The smallest absolute Gasteiger partial charge is 0.306 e. The van der Waals surface area contributed by atoms with E-state index in [0.29, 0.717) is 23.6 Å². The molecule has 0 bridgehead atoms. The molecule has 0 aromatic carbocycles. The van der Waals surface area contributed by atoms with Crippen LogP contribution in [0.5, 0.6) is 0 Å². The van der Waals surface area contributed by atoms with Gasteiger partial charge in [-0.15, -0.1) is 11.3 Å². The lowest BCUT2D eigenvalue weighted by Gasteiger charge is -2.02. The molecule has 23 heavy (non-hydrogen) atoms. The molecule has 1 amide bonds. The van der Waals surface area contributed by atoms with Gasteiger partial charge in [-0.3, -0.25) is 14.4 Å². The van der Waals surface area contributed by atoms with E-state index in [-0.39, 0.29) is 24.7 Å². The average molecular weight is 335 g/mol. The molecule has 2 aromatic rings. The Labute approximate surface area is 137 Å². The van der Waals surface area contributed by atoms with Gasteiger partial charge in [-0.05, 0) is 24.3 Å². The van der Waals surface area contributed by atoms with Crippen LogP contribution in [0.15, 0.2) is 34.9 Å². The lowest BCUT2D eigenvalue weighted by molar-refractivity contribution is -0.142. The van der Waals surface area contributed by atoms with Crippen LogP contribution < -0.4 is 5.32 Å². The molecular weight excluding hydrogens is 318 g/mol. The number of ketones is 1. The Hall–Kier alpha value is -2.41. The highest BCUT2D eigenvalue weighted by molar-refractivity contribution is 7.14. The van der Waals surface area contributed by atoms with Crippen molar-refractivity contribution in [2.75, 3.05) is 6.61 Å². The molecule has 0 spiro atoms. The summed E-state index contributed by atoms with van der Waals surface area (Å²) in [5, 5.41) is 2.66. The summed E-state index contributed by atoms with van der Waals surface area (Å²) in [5.74, 6) is -0.119. The predicted octanol–water partition coefficient (Wildman–Crippen LogP) is 2.34. The maximum atomic E-state index is 12.0. The summed E-state index contributed by atoms with van der Waals surface area (Å²) in [6.45, 7) is 1.54. The van der Waals surface area contributed by atoms with E-state index in [1.165, 1.54) is 18.3 Å². The number of rotatable bonds is 8. The maximum absolute atomic E-state index is 12.0. The van der Waals surface area contributed by atoms with Crippen LogP contribution in [0.3, 0.4) is 0 Å². The second-order valence-corrected chi connectivity index (χ2v) is 6.01. The molecule has 0 aliphatic rings. The molecule has 2 aromatic heterocycles. The first-order chi connectivity index (χ1) is 11.0. The standard InChI is InChI=1S/C16H17NO5S/c1-11(18)17-9-13-5-6-15(23-13)14(19)10-22-16(20)7-4-12-3-2-8-21-12/h2-3,5-6,8H,4,7,9-10H2,1H3,(H,17,18). The number of amides is 1. The molecule has 0 radical (unpaired) electrons. The van der Waals surface area contributed by atoms with Gasteiger partial charge in [0.1, 0.15) is 5.76 Å². The largest absolute Gasteiger partial charge is 0.469 e. The number of carbonyl (C=O) groups is 3. The van der Waals surface area contributed by atoms with Crippen molar-refractivity contribution in [3.63, 3.8) is 0 Å². The third-order valence-electron chi connectivity index (χ3n) is 2.97. The highest BCUT2D eigenvalue weighted by Gasteiger charge is 2.13. The molecule has 0 saturated carbocycles. The van der Waals surface area contributed by atoms with E-state index in [1.807, 2.05) is 0 Å². The molecule has 122 valence electrons. The molecule has 2 heterocycles. The first-order valence-corrected chi connectivity index (χ1v) is 7.90. The number of ether oxygens (including phenoxy) is 1. The number of Topliss-reactive ketones (excluding diaryl/α,β-unsaturated/α-hetero) is 1. The van der Waals surface area contributed by atoms with Gasteiger partial charge in [0.25, 0.3) is 0 Å². The summed E-state index contributed by atoms with van der Waals surface area (Å²) in [5.41, 5.74) is 0. The SMILES string of the molecule is CC(=O)NCc1ccc(C(=O)COC(=O)CCc2ccco2)s1. The molecule has 0 aliphatic heterocycles. The summed E-state index contributed by atoms with van der Waals surface area (Å²) in [4.78, 5) is 35.8. The number of furan rings is 1. The quantitative estimate of drug-likeness (QED) is 0.591. The molecule has 0 aliphatic carbocycles. The summed E-state index contributed by atoms with van der Waals surface area (Å²) in [7, 11) is 0. The molecule has 7 heteroatoms. The minimum Gasteiger partial charge on any atom is -0.469 e. The van der Waals surface area contributed by atoms with Gasteiger partial charge in [0.15, 0.2) is 6.61 Å². The van der Waals surface area contributed by atoms with E-state index < -0.39 is 5.97 Å². The van der Waals surface area contributed by atoms with Gasteiger partial charge < -0.3 is 14.5 Å². The first-order valence-electron chi connectivity index (χ1n) is 7.09. The third-order valence-corrected chi connectivity index (χ3v) is 4.09. The minimum atomic E-state index is -0.440. The van der Waals surface area contributed by atoms with Crippen LogP contribution in [-0.4, -0.2) is 24.3 Å². The highest BCUT2D eigenvalue weighted by atomic mass is 32.1. The molecular formula is C16H17NO5S. The number of aryl methyl sites for hydroxylation is 1. The van der Waals surface area contributed by atoms with Gasteiger partial charge >= 0.3 is 5.97 Å². The zero-order valence-electron chi connectivity index (χ0n) is 12.7. The van der Waals surface area contributed by atoms with Crippen molar-refractivity contribution in [1.29, 1.82) is 0 Å². The molecule has 1 N–H and O–H groups in total. The molecule has 2 rings (SSSR count). The Kier molecular flexibility index (Phi) is 6.10. The van der Waals surface area contributed by atoms with Crippen molar-refractivity contribution in [3.05, 3.63) is 46.0 Å². The third kappa shape index (κ3) is 5.71. The lowest BCUT2D eigenvalue weighted by Crippen LogP contribution is -2.18. The van der Waals surface area contributed by atoms with Gasteiger partial charge in [-0.25, -0.2) is 0 Å². The average Bonchev–Trinajstić information content (AvgIpc) is 3.19. The fourth-order valence-corrected chi connectivity index (χ4v) is 2.68. The number of hydrogen-bond donors (Lipinski definition) is 1. The molecule has 0 unspecified atom stereocenters. The number of carbonyl (C=O) groups excluding carboxylic acids is 3. The second kappa shape index (κ2) is 8.28. The predicted molar refractivity (Wildman–Crippen MR) is 84.2 cm³/mol. The van der Waals surface area contributed by atoms with Crippen LogP contribution in [0.1, 0.15) is 33.7 Å². The lowest BCUT2D eigenvalue weighted by atomic mass is 10.2. The topological polar surface area (TPSA) is 85.6 Å². The number of esters is 1. The van der Waals surface area contributed by atoms with Crippen molar-refractivity contribution in [2.45, 2.75) is 26.3 Å². The van der Waals surface area contributed by atoms with E-state index in [4.69, 9.17) is 9.15 Å². The zero-order valence-corrected chi connectivity index (χ0v) is 13.5. The fraction of sp³-hybridized carbons (Fsp3) is 0.312. The zero-order chi connectivity index (χ0) is 16.7. The Balaban J connectivity index is 1.73. The van der Waals surface area contributed by atoms with E-state index in [1.54, 1.807) is 30.5 Å². The molecule has 0 fully saturated rings. The fourth-order valence-electron chi connectivity index (χ4n) is 1.80. The van der Waals surface area contributed by atoms with Crippen LogP contribution in [0.2, 0.25) is 0 Å². The monoisotopic (exact) mass is 335 g/mol. The summed E-state index contributed by atoms with van der Waals surface area (Å²) in [6, 6.07) is 6.97. The van der Waals surface area contributed by atoms with Crippen LogP contribution in [0.25, 0.3) is 0 Å². The Morgan fingerprint density at radius 2 is 2.09 bits per heavy atom. The molecule has 0 atom stereocenters. The van der Waals surface area contributed by atoms with Crippen LogP contribution in [0, 0.1) is 0 Å². The van der Waals surface area contributed by atoms with Crippen molar-refractivity contribution < 1.29 is 23.5 Å². The molecule has 6 nitrogen and oxygen atoms in total. The Morgan fingerprint density at radius 3 is 2.78 bits per heavy atom. The summed E-state index contributed by atoms with van der Waals surface area (Å²) >= 11 is 1.28. The van der Waals surface area contributed by atoms with Crippen molar-refractivity contribution >= 4 is 29.0 Å². The van der Waals surface area contributed by atoms with Crippen LogP contribution in [0.4, 0.5) is 0 Å². The van der Waals surface area contributed by atoms with E-state index in [9.17, 15) is 14.4 Å². The van der Waals surface area contributed by atoms with Crippen molar-refractivity contribution in [2.24, 2.45) is 0 Å². The number of thiophene rings is 1. The van der Waals surface area contributed by atoms with Gasteiger partial charge in [0.05, 0.1) is 24.1 Å². The van der Waals surface area contributed by atoms with Gasteiger partial charge in [-0.2, -0.15) is 0 Å². The normalized spacial score (nSPS) is 10.3. The van der Waals surface area contributed by atoms with E-state index >= 15 is 0 Å². The number of hydrogen-bond acceptors (Lipinski definition) is 6. The van der Waals surface area contributed by atoms with Crippen LogP contribution >= 0.6 is 11.3 Å². The van der Waals surface area contributed by atoms with Crippen molar-refractivity contribution in [1.82, 2.24) is 5.32 Å². The Bertz CT molecular complexity index is 674. The van der Waals surface area contributed by atoms with Crippen molar-refractivity contribution in [3.8, 4) is 0 Å². The number of nitrogens with one attached hydrogen (secondary N) is 1.